The molecule has 22 nitrogen and oxygen atoms in total. The highest BCUT2D eigenvalue weighted by Gasteiger charge is 2.32. The largest absolute Gasteiger partial charge is 0.481 e. The molecule has 1 aromatic rings. The number of carbonyl (C=O) groups excluding carboxylic acids is 7. The molecule has 4 atom stereocenters. The summed E-state index contributed by atoms with van der Waals surface area (Å²) in [5.41, 5.74) is 1.10. The number of thiol groups is 1. The number of Topliss-reactive ketones (excluding diaryl/α,β-unsaturated/α-hetero) is 1. The molecule has 0 aliphatic heterocycles. The second-order valence-electron chi connectivity index (χ2n) is 12.5. The van der Waals surface area contributed by atoms with E-state index in [9.17, 15) is 63.3 Å². The maximum Gasteiger partial charge on any atom is 0.373 e. The minimum atomic E-state index is -1.62. The molecular weight excluding hydrogens is 794 g/mol. The van der Waals surface area contributed by atoms with Gasteiger partial charge in [-0.3, -0.25) is 33.6 Å². The molecule has 5 amide bonds. The Bertz CT molecular complexity index is 1630. The fraction of sp³-hybridized carbons (Fsp3) is 0.514. The number of carboxylic acids is 5. The third kappa shape index (κ3) is 24.2. The first kappa shape index (κ1) is 51.6. The lowest BCUT2D eigenvalue weighted by molar-refractivity contribution is -0.192. The molecule has 0 bridgehead atoms. The van der Waals surface area contributed by atoms with Gasteiger partial charge in [-0.2, -0.15) is 22.2 Å². The van der Waals surface area contributed by atoms with Crippen molar-refractivity contribution >= 4 is 78.2 Å². The van der Waals surface area contributed by atoms with Gasteiger partial charge in [0.05, 0.1) is 31.2 Å². The van der Waals surface area contributed by atoms with Gasteiger partial charge in [-0.25, -0.2) is 14.4 Å². The highest BCUT2D eigenvalue weighted by Crippen LogP contribution is 2.15. The van der Waals surface area contributed by atoms with Crippen molar-refractivity contribution in [1.29, 1.82) is 0 Å². The summed E-state index contributed by atoms with van der Waals surface area (Å²) in [5, 5.41) is 57.7. The van der Waals surface area contributed by atoms with E-state index in [2.05, 4.69) is 39.2 Å². The zero-order chi connectivity index (χ0) is 44.2. The van der Waals surface area contributed by atoms with E-state index in [0.717, 1.165) is 0 Å². The number of carbonyl (C=O) groups is 10. The third-order valence-corrected chi connectivity index (χ3v) is 8.23. The maximum atomic E-state index is 13.0. The summed E-state index contributed by atoms with van der Waals surface area (Å²) in [5.74, 6) is -11.7. The molecule has 0 fully saturated rings. The van der Waals surface area contributed by atoms with Crippen LogP contribution in [-0.4, -0.2) is 121 Å². The Labute approximate surface area is 336 Å². The third-order valence-electron chi connectivity index (χ3n) is 7.86. The first-order chi connectivity index (χ1) is 27.3. The van der Waals surface area contributed by atoms with Gasteiger partial charge < -0.3 is 52.1 Å². The molecule has 23 heteroatoms. The first-order valence-corrected chi connectivity index (χ1v) is 18.2. The van der Waals surface area contributed by atoms with Crippen molar-refractivity contribution in [3.63, 3.8) is 0 Å². The van der Waals surface area contributed by atoms with Gasteiger partial charge in [0.25, 0.3) is 0 Å². The van der Waals surface area contributed by atoms with Crippen LogP contribution in [0.1, 0.15) is 75.3 Å². The van der Waals surface area contributed by atoms with Gasteiger partial charge in [0.2, 0.25) is 17.7 Å². The Morgan fingerprint density at radius 3 is 1.69 bits per heavy atom. The number of benzene rings is 1. The van der Waals surface area contributed by atoms with Gasteiger partial charge in [0.1, 0.15) is 12.1 Å². The quantitative estimate of drug-likeness (QED) is 0.0368. The average molecular weight is 842 g/mol. The van der Waals surface area contributed by atoms with Gasteiger partial charge >= 0.3 is 42.0 Å². The fourth-order valence-electron chi connectivity index (χ4n) is 4.96. The second kappa shape index (κ2) is 29.0. The van der Waals surface area contributed by atoms with Crippen LogP contribution in [0.25, 0.3) is 0 Å². The average Bonchev–Trinajstić information content (AvgIpc) is 3.13. The van der Waals surface area contributed by atoms with Crippen LogP contribution in [-0.2, 0) is 65.7 Å². The van der Waals surface area contributed by atoms with Gasteiger partial charge in [0.15, 0.2) is 5.78 Å². The van der Waals surface area contributed by atoms with Crippen molar-refractivity contribution in [2.24, 2.45) is 5.92 Å². The second-order valence-corrected chi connectivity index (χ2v) is 12.9. The molecule has 0 saturated carbocycles. The van der Waals surface area contributed by atoms with Gasteiger partial charge in [-0.15, -0.1) is 0 Å². The topological polar surface area (TPSA) is 366 Å². The number of aliphatic carboxylic acids is 5. The van der Waals surface area contributed by atoms with Gasteiger partial charge in [-0.05, 0) is 43.2 Å². The van der Waals surface area contributed by atoms with E-state index >= 15 is 0 Å². The van der Waals surface area contributed by atoms with E-state index in [0.29, 0.717) is 36.8 Å². The first-order valence-electron chi connectivity index (χ1n) is 17.6. The molecule has 58 heavy (non-hydrogen) atoms. The van der Waals surface area contributed by atoms with E-state index < -0.39 is 103 Å². The van der Waals surface area contributed by atoms with Crippen molar-refractivity contribution in [2.75, 3.05) is 12.3 Å². The SMILES string of the molecule is O=C(O)CCCCC(=O)N[C@@H](CCCCNC(=O)NCc1ccc(CC(=O)N[C@@H](CC(=O)O)C(=O)C[C@@H](CC(=O)O)C(=O)N[C@@H](CS)C(=O)O)cc1)C(=O)O.O=C=O. The lowest BCUT2D eigenvalue weighted by Crippen LogP contribution is -2.47. The molecule has 0 heterocycles. The summed E-state index contributed by atoms with van der Waals surface area (Å²) in [6, 6.07) is 1.62. The standard InChI is InChI=1S/C34H47N5O15S.CO2/c40-25(14-21(15-29(45)46)31(49)39-24(18-55)33(52)53)23(16-30(47)48)38-27(42)13-19-8-10-20(11-9-19)17-36-34(54)35-12-4-3-5-22(32(50)51)37-26(41)6-1-2-7-28(43)44;2-1-3/h8-11,21-24,55H,1-7,12-18H2,(H,37,41)(H,38,42)(H,39,49)(H,43,44)(H,45,46)(H,47,48)(H,50,51)(H,52,53)(H2,35,36,54);/t21-,22-,23-,24-;/m0./s1. The monoisotopic (exact) mass is 841 g/mol. The number of nitrogens with one attached hydrogen (secondary N) is 5. The molecule has 1 rings (SSSR count). The lowest BCUT2D eigenvalue weighted by Gasteiger charge is -2.21. The van der Waals surface area contributed by atoms with Crippen LogP contribution < -0.4 is 26.6 Å². The highest BCUT2D eigenvalue weighted by molar-refractivity contribution is 7.80. The van der Waals surface area contributed by atoms with Crippen LogP contribution in [0.2, 0.25) is 0 Å². The van der Waals surface area contributed by atoms with E-state index in [4.69, 9.17) is 19.8 Å². The summed E-state index contributed by atoms with van der Waals surface area (Å²) < 4.78 is 0. The Morgan fingerprint density at radius 1 is 0.603 bits per heavy atom. The predicted molar refractivity (Wildman–Crippen MR) is 198 cm³/mol. The van der Waals surface area contributed by atoms with Crippen molar-refractivity contribution in [2.45, 2.75) is 95.3 Å². The number of ketones is 1. The zero-order valence-electron chi connectivity index (χ0n) is 31.1. The summed E-state index contributed by atoms with van der Waals surface area (Å²) in [4.78, 5) is 135. The lowest BCUT2D eigenvalue weighted by atomic mass is 9.93. The number of hydrogen-bond acceptors (Lipinski definition) is 13. The number of hydrogen-bond donors (Lipinski definition) is 11. The van der Waals surface area contributed by atoms with Crippen molar-refractivity contribution in [3.8, 4) is 0 Å². The van der Waals surface area contributed by atoms with E-state index in [1.165, 1.54) is 0 Å². The fourth-order valence-corrected chi connectivity index (χ4v) is 5.21. The molecule has 0 aliphatic rings. The molecular formula is C35H47N5O17S. The summed E-state index contributed by atoms with van der Waals surface area (Å²) in [6.07, 6.45) is -1.11. The maximum absolute atomic E-state index is 13.0. The molecule has 0 radical (unpaired) electrons. The minimum absolute atomic E-state index is 0.00926. The number of rotatable bonds is 28. The smallest absolute Gasteiger partial charge is 0.373 e. The molecule has 1 aromatic carbocycles. The number of unbranched alkanes of at least 4 members (excludes halogenated alkanes) is 2. The predicted octanol–water partition coefficient (Wildman–Crippen LogP) is -0.662. The van der Waals surface area contributed by atoms with Crippen LogP contribution in [0.4, 0.5) is 4.79 Å². The molecule has 10 N–H and O–H groups in total. The molecule has 0 saturated heterocycles. The van der Waals surface area contributed by atoms with Crippen molar-refractivity contribution in [1.82, 2.24) is 26.6 Å². The van der Waals surface area contributed by atoms with Gasteiger partial charge in [-0.1, -0.05) is 24.3 Å². The van der Waals surface area contributed by atoms with Crippen LogP contribution in [0.3, 0.4) is 0 Å². The molecule has 320 valence electrons. The zero-order valence-corrected chi connectivity index (χ0v) is 32.0. The Morgan fingerprint density at radius 2 is 1.16 bits per heavy atom. The number of urea groups is 1. The Balaban J connectivity index is 0.0000105. The Kier molecular flexibility index (Phi) is 25.8. The number of amides is 5. The van der Waals surface area contributed by atoms with Crippen molar-refractivity contribution < 1.29 is 83.1 Å². The molecule has 0 unspecified atom stereocenters. The summed E-state index contributed by atoms with van der Waals surface area (Å²) in [7, 11) is 0. The minimum Gasteiger partial charge on any atom is -0.481 e. The van der Waals surface area contributed by atoms with Crippen LogP contribution in [0.15, 0.2) is 24.3 Å². The normalized spacial score (nSPS) is 12.3. The summed E-state index contributed by atoms with van der Waals surface area (Å²) >= 11 is 3.81. The Hall–Kier alpha value is -6.35. The molecule has 0 spiro atoms. The van der Waals surface area contributed by atoms with E-state index in [1.54, 1.807) is 24.3 Å². The van der Waals surface area contributed by atoms with E-state index in [1.807, 2.05) is 0 Å². The van der Waals surface area contributed by atoms with Crippen LogP contribution in [0, 0.1) is 5.92 Å². The molecule has 0 aliphatic carbocycles. The van der Waals surface area contributed by atoms with E-state index in [-0.39, 0.29) is 50.7 Å². The van der Waals surface area contributed by atoms with Gasteiger partial charge in [0, 0.05) is 38.1 Å². The number of carboxylic acid groups (broad SMARTS) is 5. The van der Waals surface area contributed by atoms with Crippen molar-refractivity contribution in [3.05, 3.63) is 35.4 Å². The van der Waals surface area contributed by atoms with Crippen LogP contribution in [0.5, 0.6) is 0 Å². The highest BCUT2D eigenvalue weighted by atomic mass is 32.1. The van der Waals surface area contributed by atoms with Crippen LogP contribution >= 0.6 is 12.6 Å². The summed E-state index contributed by atoms with van der Waals surface area (Å²) in [6.45, 7) is 0.314. The molecule has 0 aromatic heterocycles.